The minimum Gasteiger partial charge on any atom is -0.375 e. The van der Waals surface area contributed by atoms with Gasteiger partial charge in [0.05, 0.1) is 6.10 Å². The monoisotopic (exact) mass is 411 g/mol. The molecule has 1 aromatic carbocycles. The molecule has 0 amide bonds. The van der Waals surface area contributed by atoms with Gasteiger partial charge in [-0.15, -0.1) is 24.0 Å². The second kappa shape index (κ2) is 10.2. The lowest BCUT2D eigenvalue weighted by molar-refractivity contribution is 0.106. The standard InChI is InChI=1S/C14H22ClN3O.HI/c1-10(2)18-14(16-3)17-9-13(19-4)11-6-5-7-12(15)8-11;/h5-8,10,13H,9H2,1-4H3,(H2,16,17,18);1H. The fraction of sp³-hybridized carbons (Fsp3) is 0.500. The number of nitrogens with zero attached hydrogens (tertiary/aromatic N) is 1. The highest BCUT2D eigenvalue weighted by Gasteiger charge is 2.11. The summed E-state index contributed by atoms with van der Waals surface area (Å²) in [6.45, 7) is 4.76. The summed E-state index contributed by atoms with van der Waals surface area (Å²) in [4.78, 5) is 4.16. The van der Waals surface area contributed by atoms with Crippen molar-refractivity contribution in [1.82, 2.24) is 10.6 Å². The van der Waals surface area contributed by atoms with Gasteiger partial charge in [-0.05, 0) is 31.5 Å². The number of aliphatic imine (C=N–C) groups is 1. The maximum absolute atomic E-state index is 5.99. The molecule has 114 valence electrons. The average molecular weight is 412 g/mol. The third kappa shape index (κ3) is 6.76. The summed E-state index contributed by atoms with van der Waals surface area (Å²) in [5.41, 5.74) is 1.04. The Kier molecular flexibility index (Phi) is 9.96. The molecule has 0 heterocycles. The van der Waals surface area contributed by atoms with Gasteiger partial charge < -0.3 is 15.4 Å². The van der Waals surface area contributed by atoms with Crippen LogP contribution < -0.4 is 10.6 Å². The molecule has 0 bridgehead atoms. The lowest BCUT2D eigenvalue weighted by Gasteiger charge is -2.20. The smallest absolute Gasteiger partial charge is 0.191 e. The van der Waals surface area contributed by atoms with Crippen LogP contribution in [0.3, 0.4) is 0 Å². The highest BCUT2D eigenvalue weighted by atomic mass is 127. The fourth-order valence-corrected chi connectivity index (χ4v) is 1.90. The zero-order valence-corrected chi connectivity index (χ0v) is 15.4. The van der Waals surface area contributed by atoms with Crippen LogP contribution >= 0.6 is 35.6 Å². The van der Waals surface area contributed by atoms with Crippen LogP contribution in [0.15, 0.2) is 29.3 Å². The van der Waals surface area contributed by atoms with Gasteiger partial charge in [0.15, 0.2) is 5.96 Å². The molecule has 20 heavy (non-hydrogen) atoms. The van der Waals surface area contributed by atoms with Crippen molar-refractivity contribution in [3.63, 3.8) is 0 Å². The molecule has 0 radical (unpaired) electrons. The van der Waals surface area contributed by atoms with Gasteiger partial charge in [-0.25, -0.2) is 0 Å². The Bertz CT molecular complexity index is 427. The van der Waals surface area contributed by atoms with E-state index in [2.05, 4.69) is 29.5 Å². The summed E-state index contributed by atoms with van der Waals surface area (Å²) in [5, 5.41) is 7.18. The predicted octanol–water partition coefficient (Wildman–Crippen LogP) is 3.22. The number of hydrogen-bond donors (Lipinski definition) is 2. The van der Waals surface area contributed by atoms with Gasteiger partial charge in [0.25, 0.3) is 0 Å². The molecule has 0 saturated carbocycles. The average Bonchev–Trinajstić information content (AvgIpc) is 2.37. The van der Waals surface area contributed by atoms with E-state index in [0.717, 1.165) is 11.5 Å². The van der Waals surface area contributed by atoms with E-state index in [1.165, 1.54) is 0 Å². The Balaban J connectivity index is 0.00000361. The molecule has 0 aliphatic heterocycles. The number of nitrogens with one attached hydrogen (secondary N) is 2. The predicted molar refractivity (Wildman–Crippen MR) is 96.3 cm³/mol. The van der Waals surface area contributed by atoms with Gasteiger partial charge >= 0.3 is 0 Å². The zero-order valence-electron chi connectivity index (χ0n) is 12.3. The number of halogens is 2. The molecular formula is C14H23ClIN3O. The van der Waals surface area contributed by atoms with Gasteiger partial charge in [-0.1, -0.05) is 23.7 Å². The van der Waals surface area contributed by atoms with Gasteiger partial charge in [-0.2, -0.15) is 0 Å². The Morgan fingerprint density at radius 2 is 2.10 bits per heavy atom. The van der Waals surface area contributed by atoms with Crippen LogP contribution in [0, 0.1) is 0 Å². The number of ether oxygens (including phenoxy) is 1. The van der Waals surface area contributed by atoms with Crippen molar-refractivity contribution in [2.45, 2.75) is 26.0 Å². The molecule has 6 heteroatoms. The van der Waals surface area contributed by atoms with E-state index in [0.29, 0.717) is 17.6 Å². The summed E-state index contributed by atoms with van der Waals surface area (Å²) < 4.78 is 5.49. The number of methoxy groups -OCH3 is 1. The summed E-state index contributed by atoms with van der Waals surface area (Å²) in [5.74, 6) is 0.763. The third-order valence-electron chi connectivity index (χ3n) is 2.61. The third-order valence-corrected chi connectivity index (χ3v) is 2.84. The first-order valence-electron chi connectivity index (χ1n) is 6.32. The van der Waals surface area contributed by atoms with Crippen LogP contribution in [0.2, 0.25) is 5.02 Å². The number of guanidine groups is 1. The minimum atomic E-state index is -0.0654. The molecule has 0 aromatic heterocycles. The topological polar surface area (TPSA) is 45.7 Å². The normalized spacial score (nSPS) is 12.8. The van der Waals surface area contributed by atoms with E-state index in [-0.39, 0.29) is 30.1 Å². The highest BCUT2D eigenvalue weighted by Crippen LogP contribution is 2.19. The SMILES string of the molecule is CN=C(NCC(OC)c1cccc(Cl)c1)NC(C)C.I. The number of hydrogen-bond acceptors (Lipinski definition) is 2. The van der Waals surface area contributed by atoms with Crippen molar-refractivity contribution in [3.8, 4) is 0 Å². The maximum Gasteiger partial charge on any atom is 0.191 e. The van der Waals surface area contributed by atoms with E-state index < -0.39 is 0 Å². The van der Waals surface area contributed by atoms with Crippen LogP contribution in [0.1, 0.15) is 25.5 Å². The van der Waals surface area contributed by atoms with E-state index >= 15 is 0 Å². The maximum atomic E-state index is 5.99. The van der Waals surface area contributed by atoms with Gasteiger partial charge in [0.2, 0.25) is 0 Å². The van der Waals surface area contributed by atoms with Crippen molar-refractivity contribution < 1.29 is 4.74 Å². The molecule has 0 saturated heterocycles. The molecular weight excluding hydrogens is 389 g/mol. The van der Waals surface area contributed by atoms with E-state index in [1.807, 2.05) is 24.3 Å². The molecule has 0 spiro atoms. The minimum absolute atomic E-state index is 0. The van der Waals surface area contributed by atoms with Crippen LogP contribution in [0.25, 0.3) is 0 Å². The molecule has 1 rings (SSSR count). The van der Waals surface area contributed by atoms with Crippen LogP contribution in [0.4, 0.5) is 0 Å². The van der Waals surface area contributed by atoms with Crippen molar-refractivity contribution in [3.05, 3.63) is 34.9 Å². The van der Waals surface area contributed by atoms with Crippen molar-refractivity contribution in [1.29, 1.82) is 0 Å². The van der Waals surface area contributed by atoms with E-state index in [1.54, 1.807) is 14.2 Å². The highest BCUT2D eigenvalue weighted by molar-refractivity contribution is 14.0. The molecule has 0 aliphatic rings. The number of rotatable bonds is 5. The first-order chi connectivity index (χ1) is 9.06. The Morgan fingerprint density at radius 3 is 2.60 bits per heavy atom. The fourth-order valence-electron chi connectivity index (χ4n) is 1.70. The quantitative estimate of drug-likeness (QED) is 0.444. The van der Waals surface area contributed by atoms with Crippen molar-refractivity contribution in [2.24, 2.45) is 4.99 Å². The molecule has 2 N–H and O–H groups in total. The second-order valence-electron chi connectivity index (χ2n) is 4.53. The summed E-state index contributed by atoms with van der Waals surface area (Å²) in [6.07, 6.45) is -0.0654. The number of benzene rings is 1. The lowest BCUT2D eigenvalue weighted by atomic mass is 10.1. The summed E-state index contributed by atoms with van der Waals surface area (Å²) in [6, 6.07) is 8.02. The Hall–Kier alpha value is -0.530. The van der Waals surface area contributed by atoms with Crippen LogP contribution in [-0.4, -0.2) is 32.7 Å². The Labute approximate surface area is 143 Å². The molecule has 1 atom stereocenters. The van der Waals surface area contributed by atoms with Gasteiger partial charge in [-0.3, -0.25) is 4.99 Å². The molecule has 0 aliphatic carbocycles. The molecule has 4 nitrogen and oxygen atoms in total. The zero-order chi connectivity index (χ0) is 14.3. The first-order valence-corrected chi connectivity index (χ1v) is 6.70. The first kappa shape index (κ1) is 19.5. The second-order valence-corrected chi connectivity index (χ2v) is 4.97. The molecule has 1 aromatic rings. The summed E-state index contributed by atoms with van der Waals surface area (Å²) >= 11 is 5.99. The van der Waals surface area contributed by atoms with Crippen LogP contribution in [-0.2, 0) is 4.74 Å². The Morgan fingerprint density at radius 1 is 1.40 bits per heavy atom. The molecule has 0 fully saturated rings. The van der Waals surface area contributed by atoms with Crippen molar-refractivity contribution in [2.75, 3.05) is 20.7 Å². The van der Waals surface area contributed by atoms with Crippen molar-refractivity contribution >= 4 is 41.5 Å². The summed E-state index contributed by atoms with van der Waals surface area (Å²) in [7, 11) is 3.44. The van der Waals surface area contributed by atoms with Gasteiger partial charge in [0.1, 0.15) is 0 Å². The lowest BCUT2D eigenvalue weighted by Crippen LogP contribution is -2.42. The van der Waals surface area contributed by atoms with Crippen LogP contribution in [0.5, 0.6) is 0 Å². The van der Waals surface area contributed by atoms with E-state index in [9.17, 15) is 0 Å². The largest absolute Gasteiger partial charge is 0.375 e. The van der Waals surface area contributed by atoms with Gasteiger partial charge in [0, 0.05) is 31.8 Å². The molecule has 1 unspecified atom stereocenters. The van der Waals surface area contributed by atoms with E-state index in [4.69, 9.17) is 16.3 Å².